The number of furan rings is 1. The summed E-state index contributed by atoms with van der Waals surface area (Å²) in [6.45, 7) is 7.87. The third kappa shape index (κ3) is 3.46. The number of rotatable bonds is 7. The molecule has 3 nitrogen and oxygen atoms in total. The highest BCUT2D eigenvalue weighted by Gasteiger charge is 2.12. The molecule has 0 radical (unpaired) electrons. The normalized spacial score (nSPS) is 11.1. The average Bonchev–Trinajstić information content (AvgIpc) is 2.74. The lowest BCUT2D eigenvalue weighted by atomic mass is 10.1. The molecular formula is C16H21NO2. The number of benzene rings is 1. The van der Waals surface area contributed by atoms with Crippen molar-refractivity contribution in [3.8, 4) is 0 Å². The molecule has 0 saturated carbocycles. The zero-order valence-corrected chi connectivity index (χ0v) is 11.7. The van der Waals surface area contributed by atoms with Gasteiger partial charge in [0.1, 0.15) is 18.0 Å². The van der Waals surface area contributed by atoms with Crippen LogP contribution in [0.3, 0.4) is 0 Å². The highest BCUT2D eigenvalue weighted by Crippen LogP contribution is 2.26. The van der Waals surface area contributed by atoms with Crippen LogP contribution >= 0.6 is 0 Å². The van der Waals surface area contributed by atoms with Crippen molar-refractivity contribution >= 4 is 11.0 Å². The maximum Gasteiger partial charge on any atom is 0.135 e. The summed E-state index contributed by atoms with van der Waals surface area (Å²) in [5, 5.41) is 4.34. The van der Waals surface area contributed by atoms with E-state index in [2.05, 4.69) is 18.0 Å². The Labute approximate surface area is 114 Å². The summed E-state index contributed by atoms with van der Waals surface area (Å²) < 4.78 is 11.5. The Hall–Kier alpha value is -1.58. The van der Waals surface area contributed by atoms with Crippen LogP contribution in [0.2, 0.25) is 0 Å². The van der Waals surface area contributed by atoms with Crippen molar-refractivity contribution < 1.29 is 9.15 Å². The molecule has 0 spiro atoms. The van der Waals surface area contributed by atoms with Crippen LogP contribution in [0, 0.1) is 0 Å². The molecule has 3 heteroatoms. The zero-order chi connectivity index (χ0) is 13.7. The van der Waals surface area contributed by atoms with E-state index in [1.54, 1.807) is 0 Å². The predicted molar refractivity (Wildman–Crippen MR) is 78.1 cm³/mol. The van der Waals surface area contributed by atoms with Gasteiger partial charge in [0.2, 0.25) is 0 Å². The molecule has 0 unspecified atom stereocenters. The standard InChI is InChI=1S/C16H21NO2/c1-12(2)8-9-18-11-16-14(10-17-3)13-6-4-5-7-15(13)19-16/h4-7,17H,1,8-11H2,2-3H3. The Morgan fingerprint density at radius 2 is 2.16 bits per heavy atom. The molecule has 0 bridgehead atoms. The fourth-order valence-electron chi connectivity index (χ4n) is 2.05. The van der Waals surface area contributed by atoms with Crippen molar-refractivity contribution in [1.82, 2.24) is 5.32 Å². The number of hydrogen-bond donors (Lipinski definition) is 1. The monoisotopic (exact) mass is 259 g/mol. The Bertz CT molecular complexity index is 557. The van der Waals surface area contributed by atoms with Gasteiger partial charge < -0.3 is 14.5 Å². The third-order valence-electron chi connectivity index (χ3n) is 3.04. The van der Waals surface area contributed by atoms with E-state index in [9.17, 15) is 0 Å². The van der Waals surface area contributed by atoms with Crippen molar-refractivity contribution in [3.05, 3.63) is 47.7 Å². The summed E-state index contributed by atoms with van der Waals surface area (Å²) in [6.07, 6.45) is 0.890. The SMILES string of the molecule is C=C(C)CCOCc1oc2ccccc2c1CNC. The van der Waals surface area contributed by atoms with Crippen LogP contribution in [-0.2, 0) is 17.9 Å². The Balaban J connectivity index is 2.12. The average molecular weight is 259 g/mol. The molecule has 0 aliphatic rings. The van der Waals surface area contributed by atoms with Crippen molar-refractivity contribution in [3.63, 3.8) is 0 Å². The van der Waals surface area contributed by atoms with E-state index in [0.717, 1.165) is 35.3 Å². The zero-order valence-electron chi connectivity index (χ0n) is 11.7. The van der Waals surface area contributed by atoms with Gasteiger partial charge in [0.15, 0.2) is 0 Å². The number of fused-ring (bicyclic) bond motifs is 1. The molecule has 1 aromatic carbocycles. The number of para-hydroxylation sites is 1. The Kier molecular flexibility index (Phi) is 4.77. The summed E-state index contributed by atoms with van der Waals surface area (Å²) in [6, 6.07) is 8.10. The molecule has 1 heterocycles. The Morgan fingerprint density at radius 1 is 1.37 bits per heavy atom. The fraction of sp³-hybridized carbons (Fsp3) is 0.375. The van der Waals surface area contributed by atoms with E-state index >= 15 is 0 Å². The second kappa shape index (κ2) is 6.55. The van der Waals surface area contributed by atoms with Gasteiger partial charge in [-0.2, -0.15) is 0 Å². The summed E-state index contributed by atoms with van der Waals surface area (Å²) in [7, 11) is 1.94. The van der Waals surface area contributed by atoms with E-state index in [1.807, 2.05) is 32.2 Å². The minimum atomic E-state index is 0.513. The lowest BCUT2D eigenvalue weighted by Crippen LogP contribution is -2.07. The lowest BCUT2D eigenvalue weighted by Gasteiger charge is -2.04. The second-order valence-corrected chi connectivity index (χ2v) is 4.79. The topological polar surface area (TPSA) is 34.4 Å². The van der Waals surface area contributed by atoms with Crippen LogP contribution in [0.15, 0.2) is 40.8 Å². The first-order valence-corrected chi connectivity index (χ1v) is 6.58. The molecular weight excluding hydrogens is 238 g/mol. The first-order chi connectivity index (χ1) is 9.22. The van der Waals surface area contributed by atoms with Gasteiger partial charge in [-0.3, -0.25) is 0 Å². The molecule has 0 fully saturated rings. The molecule has 1 N–H and O–H groups in total. The van der Waals surface area contributed by atoms with Gasteiger partial charge in [0.05, 0.1) is 6.61 Å². The maximum atomic E-state index is 5.87. The second-order valence-electron chi connectivity index (χ2n) is 4.79. The summed E-state index contributed by atoms with van der Waals surface area (Å²) in [5.41, 5.74) is 3.25. The first-order valence-electron chi connectivity index (χ1n) is 6.58. The molecule has 0 aliphatic carbocycles. The molecule has 2 rings (SSSR count). The first kappa shape index (κ1) is 13.8. The van der Waals surface area contributed by atoms with Crippen LogP contribution in [0.25, 0.3) is 11.0 Å². The number of nitrogens with one attached hydrogen (secondary N) is 1. The van der Waals surface area contributed by atoms with E-state index in [0.29, 0.717) is 13.2 Å². The van der Waals surface area contributed by atoms with Crippen LogP contribution in [-0.4, -0.2) is 13.7 Å². The van der Waals surface area contributed by atoms with Gasteiger partial charge in [0.25, 0.3) is 0 Å². The minimum absolute atomic E-state index is 0.513. The van der Waals surface area contributed by atoms with Crippen LogP contribution in [0.5, 0.6) is 0 Å². The Morgan fingerprint density at radius 3 is 2.89 bits per heavy atom. The third-order valence-corrected chi connectivity index (χ3v) is 3.04. The molecule has 1 aromatic heterocycles. The quantitative estimate of drug-likeness (QED) is 0.609. The van der Waals surface area contributed by atoms with Crippen LogP contribution in [0.4, 0.5) is 0 Å². The smallest absolute Gasteiger partial charge is 0.135 e. The van der Waals surface area contributed by atoms with E-state index < -0.39 is 0 Å². The van der Waals surface area contributed by atoms with E-state index in [-0.39, 0.29) is 0 Å². The van der Waals surface area contributed by atoms with Crippen molar-refractivity contribution in [1.29, 1.82) is 0 Å². The lowest BCUT2D eigenvalue weighted by molar-refractivity contribution is 0.109. The minimum Gasteiger partial charge on any atom is -0.458 e. The van der Waals surface area contributed by atoms with Gasteiger partial charge in [-0.1, -0.05) is 23.8 Å². The molecule has 102 valence electrons. The van der Waals surface area contributed by atoms with Crippen molar-refractivity contribution in [2.24, 2.45) is 0 Å². The predicted octanol–water partition coefficient (Wildman–Crippen LogP) is 3.64. The van der Waals surface area contributed by atoms with E-state index in [1.165, 1.54) is 5.56 Å². The maximum absolute atomic E-state index is 5.87. The fourth-order valence-corrected chi connectivity index (χ4v) is 2.05. The molecule has 0 aliphatic heterocycles. The van der Waals surface area contributed by atoms with Gasteiger partial charge in [-0.15, -0.1) is 6.58 Å². The van der Waals surface area contributed by atoms with E-state index in [4.69, 9.17) is 9.15 Å². The van der Waals surface area contributed by atoms with Gasteiger partial charge in [-0.25, -0.2) is 0 Å². The van der Waals surface area contributed by atoms with Crippen LogP contribution in [0.1, 0.15) is 24.7 Å². The molecule has 0 saturated heterocycles. The largest absolute Gasteiger partial charge is 0.458 e. The molecule has 19 heavy (non-hydrogen) atoms. The highest BCUT2D eigenvalue weighted by molar-refractivity contribution is 5.82. The number of hydrogen-bond acceptors (Lipinski definition) is 3. The van der Waals surface area contributed by atoms with Crippen molar-refractivity contribution in [2.45, 2.75) is 26.5 Å². The summed E-state index contributed by atoms with van der Waals surface area (Å²) in [4.78, 5) is 0. The van der Waals surface area contributed by atoms with Crippen molar-refractivity contribution in [2.75, 3.05) is 13.7 Å². The molecule has 0 amide bonds. The van der Waals surface area contributed by atoms with Crippen LogP contribution < -0.4 is 5.32 Å². The highest BCUT2D eigenvalue weighted by atomic mass is 16.5. The number of ether oxygens (including phenoxy) is 1. The summed E-state index contributed by atoms with van der Waals surface area (Å²) in [5.74, 6) is 0.914. The molecule has 0 atom stereocenters. The summed E-state index contributed by atoms with van der Waals surface area (Å²) >= 11 is 0. The van der Waals surface area contributed by atoms with Gasteiger partial charge in [0, 0.05) is 17.5 Å². The molecule has 2 aromatic rings. The van der Waals surface area contributed by atoms with Gasteiger partial charge in [-0.05, 0) is 26.5 Å². The van der Waals surface area contributed by atoms with Gasteiger partial charge >= 0.3 is 0 Å².